The number of rotatable bonds is 96. The van der Waals surface area contributed by atoms with Gasteiger partial charge >= 0.3 is 71.6 Å². The molecule has 24 nitrogen and oxygen atoms in total. The summed E-state index contributed by atoms with van der Waals surface area (Å²) in [5.74, 6) is -7.96. The lowest BCUT2D eigenvalue weighted by atomic mass is 10.1. The third kappa shape index (κ3) is 238. The standard InChI is InChI=1S/12C10H20O2/c12*1-2-3-4-5-6-7-8-9-10(11)12/h12*2-9H2,1H3,(H,11,12). The molecule has 12 N–H and O–H groups in total. The van der Waals surface area contributed by atoms with E-state index in [1.54, 1.807) is 0 Å². The molecule has 0 saturated heterocycles. The second kappa shape index (κ2) is 159. The monoisotopic (exact) mass is 2070 g/mol. The molecular weight excluding hydrogens is 1830 g/mol. The summed E-state index contributed by atoms with van der Waals surface area (Å²) >= 11 is 0. The molecule has 0 amide bonds. The average Bonchev–Trinajstić information content (AvgIpc) is 1.16. The van der Waals surface area contributed by atoms with E-state index < -0.39 is 71.6 Å². The van der Waals surface area contributed by atoms with Gasteiger partial charge in [0.15, 0.2) is 0 Å². The Morgan fingerprint density at radius 3 is 0.167 bits per heavy atom. The van der Waals surface area contributed by atoms with Crippen LogP contribution in [0.5, 0.6) is 0 Å². The van der Waals surface area contributed by atoms with E-state index in [9.17, 15) is 57.5 Å². The van der Waals surface area contributed by atoms with Crippen LogP contribution in [0.1, 0.15) is 699 Å². The van der Waals surface area contributed by atoms with Gasteiger partial charge < -0.3 is 61.3 Å². The lowest BCUT2D eigenvalue weighted by Crippen LogP contribution is -1.93. The summed E-state index contributed by atoms with van der Waals surface area (Å²) in [4.78, 5) is 122. The minimum atomic E-state index is -0.663. The van der Waals surface area contributed by atoms with Crippen LogP contribution in [0.2, 0.25) is 0 Å². The van der Waals surface area contributed by atoms with E-state index in [-0.39, 0.29) is 0 Å². The Kier molecular flexibility index (Phi) is 180. The van der Waals surface area contributed by atoms with Gasteiger partial charge in [-0.25, -0.2) is 0 Å². The second-order valence-corrected chi connectivity index (χ2v) is 39.2. The number of carboxylic acid groups (broad SMARTS) is 12. The van der Waals surface area contributed by atoms with Crippen LogP contribution in [0.3, 0.4) is 0 Å². The molecule has 0 rings (SSSR count). The molecule has 0 bridgehead atoms. The van der Waals surface area contributed by atoms with Crippen LogP contribution in [-0.2, 0) is 57.5 Å². The first kappa shape index (κ1) is 163. The summed E-state index contributed by atoms with van der Waals surface area (Å²) in [6.07, 6.45) is 104. The van der Waals surface area contributed by atoms with E-state index in [0.29, 0.717) is 77.0 Å². The van der Waals surface area contributed by atoms with Gasteiger partial charge in [-0.15, -0.1) is 0 Å². The van der Waals surface area contributed by atoms with Crippen molar-refractivity contribution < 1.29 is 119 Å². The molecule has 0 fully saturated rings. The summed E-state index contributed by atoms with van der Waals surface area (Å²) in [5, 5.41) is 100. The van der Waals surface area contributed by atoms with Crippen LogP contribution >= 0.6 is 0 Å². The van der Waals surface area contributed by atoms with E-state index in [2.05, 4.69) is 83.1 Å². The predicted molar refractivity (Wildman–Crippen MR) is 603 cm³/mol. The maximum atomic E-state index is 10.1. The van der Waals surface area contributed by atoms with Crippen LogP contribution in [-0.4, -0.2) is 133 Å². The number of carbonyl (C=O) groups is 12. The van der Waals surface area contributed by atoms with Crippen molar-refractivity contribution in [2.24, 2.45) is 0 Å². The maximum absolute atomic E-state index is 10.1. The highest BCUT2D eigenvalue weighted by Gasteiger charge is 2.06. The minimum Gasteiger partial charge on any atom is -0.481 e. The van der Waals surface area contributed by atoms with Crippen molar-refractivity contribution in [1.29, 1.82) is 0 Å². The summed E-state index contributed by atoms with van der Waals surface area (Å²) in [5.41, 5.74) is 0. The third-order valence-corrected chi connectivity index (χ3v) is 23.9. The molecule has 0 unspecified atom stereocenters. The number of hydrogen-bond acceptors (Lipinski definition) is 12. The van der Waals surface area contributed by atoms with E-state index in [1.165, 1.54) is 385 Å². The van der Waals surface area contributed by atoms with Crippen molar-refractivity contribution in [2.45, 2.75) is 699 Å². The Bertz CT molecular complexity index is 1930. The number of carboxylic acids is 12. The summed E-state index contributed by atoms with van der Waals surface area (Å²) in [7, 11) is 0. The maximum Gasteiger partial charge on any atom is 0.303 e. The molecule has 0 saturated carbocycles. The molecule has 0 aromatic heterocycles. The number of unbranched alkanes of at least 4 members (excludes halogenated alkanes) is 72. The van der Waals surface area contributed by atoms with E-state index in [4.69, 9.17) is 61.3 Å². The van der Waals surface area contributed by atoms with Crippen molar-refractivity contribution in [1.82, 2.24) is 0 Å². The first-order valence-corrected chi connectivity index (χ1v) is 59.9. The molecule has 0 aromatic rings. The summed E-state index contributed by atoms with van der Waals surface area (Å²) in [6.45, 7) is 26.4. The van der Waals surface area contributed by atoms with Gasteiger partial charge in [-0.3, -0.25) is 57.5 Å². The molecule has 0 aliphatic carbocycles. The number of hydrogen-bond donors (Lipinski definition) is 12. The molecule has 0 aliphatic rings. The second-order valence-electron chi connectivity index (χ2n) is 39.2. The zero-order valence-electron chi connectivity index (χ0n) is 96.1. The summed E-state index contributed by atoms with van der Waals surface area (Å²) < 4.78 is 0. The third-order valence-electron chi connectivity index (χ3n) is 23.9. The molecule has 864 valence electrons. The van der Waals surface area contributed by atoms with Gasteiger partial charge in [-0.2, -0.15) is 0 Å². The van der Waals surface area contributed by atoms with Crippen LogP contribution < -0.4 is 0 Å². The van der Waals surface area contributed by atoms with E-state index in [0.717, 1.165) is 154 Å². The van der Waals surface area contributed by atoms with Crippen LogP contribution in [0.4, 0.5) is 0 Å². The van der Waals surface area contributed by atoms with Gasteiger partial charge in [0.2, 0.25) is 0 Å². The molecule has 144 heavy (non-hydrogen) atoms. The molecule has 0 aliphatic heterocycles. The Hall–Kier alpha value is -6.36. The first-order chi connectivity index (χ1) is 69.2. The van der Waals surface area contributed by atoms with Crippen LogP contribution in [0, 0.1) is 0 Å². The topological polar surface area (TPSA) is 448 Å². The fraction of sp³-hybridized carbons (Fsp3) is 0.900. The van der Waals surface area contributed by atoms with Gasteiger partial charge in [-0.1, -0.05) is 545 Å². The molecule has 0 spiro atoms. The first-order valence-electron chi connectivity index (χ1n) is 59.9. The highest BCUT2D eigenvalue weighted by molar-refractivity contribution is 5.70. The van der Waals surface area contributed by atoms with Gasteiger partial charge in [-0.05, 0) is 77.0 Å². The minimum absolute atomic E-state index is 0.341. The van der Waals surface area contributed by atoms with Gasteiger partial charge in [0.1, 0.15) is 0 Å². The molecular formula is C120H240O24. The molecule has 0 heterocycles. The zero-order chi connectivity index (χ0) is 111. The number of aliphatic carboxylic acids is 12. The molecule has 24 heteroatoms. The Morgan fingerprint density at radius 1 is 0.0833 bits per heavy atom. The Balaban J connectivity index is -0.000000132. The average molecular weight is 2070 g/mol. The molecule has 0 radical (unpaired) electrons. The van der Waals surface area contributed by atoms with Gasteiger partial charge in [0, 0.05) is 77.0 Å². The normalized spacial score (nSPS) is 10.1. The smallest absolute Gasteiger partial charge is 0.303 e. The lowest BCUT2D eigenvalue weighted by Gasteiger charge is -1.98. The van der Waals surface area contributed by atoms with Crippen molar-refractivity contribution in [3.63, 3.8) is 0 Å². The van der Waals surface area contributed by atoms with Gasteiger partial charge in [0.05, 0.1) is 0 Å². The van der Waals surface area contributed by atoms with Crippen molar-refractivity contribution >= 4 is 71.6 Å². The Labute approximate surface area is 885 Å². The largest absolute Gasteiger partial charge is 0.481 e. The fourth-order valence-corrected chi connectivity index (χ4v) is 14.8. The quantitative estimate of drug-likeness (QED) is 0.0252. The van der Waals surface area contributed by atoms with Crippen LogP contribution in [0.15, 0.2) is 0 Å². The van der Waals surface area contributed by atoms with Crippen LogP contribution in [0.25, 0.3) is 0 Å². The van der Waals surface area contributed by atoms with E-state index >= 15 is 0 Å². The zero-order valence-corrected chi connectivity index (χ0v) is 96.1. The molecule has 0 atom stereocenters. The van der Waals surface area contributed by atoms with E-state index in [1.807, 2.05) is 0 Å². The SMILES string of the molecule is CCCCCCCCCC(=O)O.CCCCCCCCCC(=O)O.CCCCCCCCCC(=O)O.CCCCCCCCCC(=O)O.CCCCCCCCCC(=O)O.CCCCCCCCCC(=O)O.CCCCCCCCCC(=O)O.CCCCCCCCCC(=O)O.CCCCCCCCCC(=O)O.CCCCCCCCCC(=O)O.CCCCCCCCCC(=O)O.CCCCCCCCCC(=O)O. The van der Waals surface area contributed by atoms with Gasteiger partial charge in [0.25, 0.3) is 0 Å². The predicted octanol–water partition coefficient (Wildman–Crippen LogP) is 38.5. The summed E-state index contributed by atoms with van der Waals surface area (Å²) in [6, 6.07) is 0. The highest BCUT2D eigenvalue weighted by atomic mass is 16.4. The van der Waals surface area contributed by atoms with Crippen molar-refractivity contribution in [2.75, 3.05) is 0 Å². The lowest BCUT2D eigenvalue weighted by molar-refractivity contribution is -0.138. The van der Waals surface area contributed by atoms with Crippen molar-refractivity contribution in [3.8, 4) is 0 Å². The highest BCUT2D eigenvalue weighted by Crippen LogP contribution is 2.18. The fourth-order valence-electron chi connectivity index (χ4n) is 14.8. The van der Waals surface area contributed by atoms with Crippen molar-refractivity contribution in [3.05, 3.63) is 0 Å². The Morgan fingerprint density at radius 2 is 0.125 bits per heavy atom. The molecule has 0 aromatic carbocycles.